The van der Waals surface area contributed by atoms with Crippen LogP contribution in [0.15, 0.2) is 42.5 Å². The lowest BCUT2D eigenvalue weighted by molar-refractivity contribution is 0.0691. The standard InChI is InChI=1S/C17H17FO3/c1-11(2)13-5-3-12(4-6-13)10-21-16-9-14(18)7-8-15(16)17(19)20/h3-9,11H,10H2,1-2H3,(H,19,20). The second kappa shape index (κ2) is 6.39. The summed E-state index contributed by atoms with van der Waals surface area (Å²) in [4.78, 5) is 11.1. The summed E-state index contributed by atoms with van der Waals surface area (Å²) in [5.74, 6) is -1.18. The molecule has 2 aromatic carbocycles. The molecule has 0 fully saturated rings. The predicted molar refractivity (Wildman–Crippen MR) is 78.2 cm³/mol. The van der Waals surface area contributed by atoms with Gasteiger partial charge in [0, 0.05) is 6.07 Å². The highest BCUT2D eigenvalue weighted by atomic mass is 19.1. The van der Waals surface area contributed by atoms with Gasteiger partial charge in [0.05, 0.1) is 0 Å². The molecular weight excluding hydrogens is 271 g/mol. The SMILES string of the molecule is CC(C)c1ccc(COc2cc(F)ccc2C(=O)O)cc1. The van der Waals surface area contributed by atoms with Gasteiger partial charge in [-0.3, -0.25) is 0 Å². The summed E-state index contributed by atoms with van der Waals surface area (Å²) in [7, 11) is 0. The predicted octanol–water partition coefficient (Wildman–Crippen LogP) is 4.23. The molecule has 0 heterocycles. The van der Waals surface area contributed by atoms with Crippen LogP contribution in [-0.2, 0) is 6.61 Å². The fourth-order valence-electron chi connectivity index (χ4n) is 1.95. The van der Waals surface area contributed by atoms with Gasteiger partial charge in [-0.1, -0.05) is 38.1 Å². The van der Waals surface area contributed by atoms with Gasteiger partial charge >= 0.3 is 5.97 Å². The van der Waals surface area contributed by atoms with Crippen LogP contribution in [0.5, 0.6) is 5.75 Å². The lowest BCUT2D eigenvalue weighted by Gasteiger charge is -2.10. The number of benzene rings is 2. The third kappa shape index (κ3) is 3.81. The van der Waals surface area contributed by atoms with Gasteiger partial charge in [0.25, 0.3) is 0 Å². The first-order valence-electron chi connectivity index (χ1n) is 6.72. The topological polar surface area (TPSA) is 46.5 Å². The molecule has 21 heavy (non-hydrogen) atoms. The number of ether oxygens (including phenoxy) is 1. The molecule has 0 saturated heterocycles. The van der Waals surface area contributed by atoms with E-state index >= 15 is 0 Å². The van der Waals surface area contributed by atoms with Crippen LogP contribution in [0.25, 0.3) is 0 Å². The Morgan fingerprint density at radius 2 is 1.86 bits per heavy atom. The molecule has 4 heteroatoms. The minimum atomic E-state index is -1.14. The first kappa shape index (κ1) is 15.0. The highest BCUT2D eigenvalue weighted by Crippen LogP contribution is 2.22. The molecule has 3 nitrogen and oxygen atoms in total. The van der Waals surface area contributed by atoms with Crippen LogP contribution in [0.3, 0.4) is 0 Å². The summed E-state index contributed by atoms with van der Waals surface area (Å²) < 4.78 is 18.7. The Hall–Kier alpha value is -2.36. The summed E-state index contributed by atoms with van der Waals surface area (Å²) >= 11 is 0. The van der Waals surface area contributed by atoms with Crippen molar-refractivity contribution in [3.05, 3.63) is 65.0 Å². The molecule has 0 aliphatic carbocycles. The van der Waals surface area contributed by atoms with Crippen LogP contribution in [0, 0.1) is 5.82 Å². The number of aromatic carboxylic acids is 1. The number of carbonyl (C=O) groups is 1. The van der Waals surface area contributed by atoms with Crippen molar-refractivity contribution in [2.24, 2.45) is 0 Å². The Balaban J connectivity index is 2.12. The molecule has 0 aliphatic rings. The molecule has 110 valence electrons. The smallest absolute Gasteiger partial charge is 0.339 e. The summed E-state index contributed by atoms with van der Waals surface area (Å²) in [5.41, 5.74) is 2.07. The molecule has 1 N–H and O–H groups in total. The molecule has 2 rings (SSSR count). The molecule has 0 unspecified atom stereocenters. The van der Waals surface area contributed by atoms with Crippen LogP contribution in [-0.4, -0.2) is 11.1 Å². The van der Waals surface area contributed by atoms with Crippen molar-refractivity contribution in [2.45, 2.75) is 26.4 Å². The fraction of sp³-hybridized carbons (Fsp3) is 0.235. The van der Waals surface area contributed by atoms with E-state index in [9.17, 15) is 9.18 Å². The van der Waals surface area contributed by atoms with Crippen LogP contribution in [0.4, 0.5) is 4.39 Å². The van der Waals surface area contributed by atoms with Gasteiger partial charge < -0.3 is 9.84 Å². The number of carboxylic acid groups (broad SMARTS) is 1. The van der Waals surface area contributed by atoms with Crippen molar-refractivity contribution in [1.29, 1.82) is 0 Å². The minimum Gasteiger partial charge on any atom is -0.488 e. The van der Waals surface area contributed by atoms with Crippen LogP contribution < -0.4 is 4.74 Å². The molecule has 2 aromatic rings. The summed E-state index contributed by atoms with van der Waals surface area (Å²) in [6, 6.07) is 11.3. The van der Waals surface area contributed by atoms with Gasteiger partial charge in [0.15, 0.2) is 0 Å². The molecule has 0 amide bonds. The fourth-order valence-corrected chi connectivity index (χ4v) is 1.95. The normalized spacial score (nSPS) is 10.7. The molecule has 0 atom stereocenters. The maximum Gasteiger partial charge on any atom is 0.339 e. The van der Waals surface area contributed by atoms with Gasteiger partial charge in [0.1, 0.15) is 23.7 Å². The van der Waals surface area contributed by atoms with Crippen molar-refractivity contribution in [2.75, 3.05) is 0 Å². The number of halogens is 1. The second-order valence-electron chi connectivity index (χ2n) is 5.13. The van der Waals surface area contributed by atoms with Gasteiger partial charge in [-0.2, -0.15) is 0 Å². The molecule has 0 spiro atoms. The minimum absolute atomic E-state index is 0.0374. The maximum absolute atomic E-state index is 13.2. The highest BCUT2D eigenvalue weighted by Gasteiger charge is 2.12. The largest absolute Gasteiger partial charge is 0.488 e. The number of rotatable bonds is 5. The Labute approximate surface area is 123 Å². The third-order valence-corrected chi connectivity index (χ3v) is 3.21. The van der Waals surface area contributed by atoms with Crippen molar-refractivity contribution in [1.82, 2.24) is 0 Å². The van der Waals surface area contributed by atoms with Crippen molar-refractivity contribution in [3.63, 3.8) is 0 Å². The number of carboxylic acids is 1. The lowest BCUT2D eigenvalue weighted by Crippen LogP contribution is -2.04. The zero-order chi connectivity index (χ0) is 15.4. The van der Waals surface area contributed by atoms with E-state index in [2.05, 4.69) is 13.8 Å². The summed E-state index contributed by atoms with van der Waals surface area (Å²) in [6.45, 7) is 4.41. The van der Waals surface area contributed by atoms with Crippen molar-refractivity contribution < 1.29 is 19.0 Å². The van der Waals surface area contributed by atoms with Gasteiger partial charge in [-0.15, -0.1) is 0 Å². The van der Waals surface area contributed by atoms with E-state index in [0.29, 0.717) is 5.92 Å². The van der Waals surface area contributed by atoms with E-state index in [4.69, 9.17) is 9.84 Å². The van der Waals surface area contributed by atoms with Crippen molar-refractivity contribution in [3.8, 4) is 5.75 Å². The quantitative estimate of drug-likeness (QED) is 0.895. The first-order chi connectivity index (χ1) is 9.97. The Morgan fingerprint density at radius 3 is 2.43 bits per heavy atom. The molecule has 0 aliphatic heterocycles. The summed E-state index contributed by atoms with van der Waals surface area (Å²) in [6.07, 6.45) is 0. The number of hydrogen-bond acceptors (Lipinski definition) is 2. The van der Waals surface area contributed by atoms with E-state index in [1.165, 1.54) is 11.6 Å². The Bertz CT molecular complexity index is 633. The van der Waals surface area contributed by atoms with Gasteiger partial charge in [-0.05, 0) is 29.2 Å². The molecular formula is C17H17FO3. The molecule has 0 aromatic heterocycles. The van der Waals surface area contributed by atoms with Crippen LogP contribution >= 0.6 is 0 Å². The van der Waals surface area contributed by atoms with Gasteiger partial charge in [-0.25, -0.2) is 9.18 Å². The van der Waals surface area contributed by atoms with Crippen molar-refractivity contribution >= 4 is 5.97 Å². The highest BCUT2D eigenvalue weighted by molar-refractivity contribution is 5.90. The van der Waals surface area contributed by atoms with Crippen LogP contribution in [0.2, 0.25) is 0 Å². The zero-order valence-corrected chi connectivity index (χ0v) is 12.0. The Kier molecular flexibility index (Phi) is 4.58. The average molecular weight is 288 g/mol. The second-order valence-corrected chi connectivity index (χ2v) is 5.13. The van der Waals surface area contributed by atoms with Gasteiger partial charge in [0.2, 0.25) is 0 Å². The maximum atomic E-state index is 13.2. The zero-order valence-electron chi connectivity index (χ0n) is 12.0. The van der Waals surface area contributed by atoms with E-state index in [-0.39, 0.29) is 17.9 Å². The monoisotopic (exact) mass is 288 g/mol. The Morgan fingerprint density at radius 1 is 1.19 bits per heavy atom. The summed E-state index contributed by atoms with van der Waals surface area (Å²) in [5, 5.41) is 9.05. The third-order valence-electron chi connectivity index (χ3n) is 3.21. The van der Waals surface area contributed by atoms with E-state index in [0.717, 1.165) is 17.7 Å². The first-order valence-corrected chi connectivity index (χ1v) is 6.72. The average Bonchev–Trinajstić information content (AvgIpc) is 2.45. The van der Waals surface area contributed by atoms with E-state index in [1.54, 1.807) is 0 Å². The molecule has 0 bridgehead atoms. The van der Waals surface area contributed by atoms with E-state index < -0.39 is 11.8 Å². The molecule has 0 radical (unpaired) electrons. The molecule has 0 saturated carbocycles. The number of hydrogen-bond donors (Lipinski definition) is 1. The lowest BCUT2D eigenvalue weighted by atomic mass is 10.0. The van der Waals surface area contributed by atoms with Crippen LogP contribution in [0.1, 0.15) is 41.3 Å². The van der Waals surface area contributed by atoms with E-state index in [1.807, 2.05) is 24.3 Å².